The largest absolute Gasteiger partial charge is 0.261 e. The highest BCUT2D eigenvalue weighted by molar-refractivity contribution is 7.07. The molecule has 0 aliphatic heterocycles. The van der Waals surface area contributed by atoms with Gasteiger partial charge in [-0.2, -0.15) is 5.10 Å². The molecule has 0 saturated carbocycles. The van der Waals surface area contributed by atoms with Gasteiger partial charge in [0.05, 0.1) is 11.9 Å². The molecule has 0 aliphatic carbocycles. The molecule has 3 rings (SSSR count). The van der Waals surface area contributed by atoms with Gasteiger partial charge in [-0.25, -0.2) is 4.68 Å². The van der Waals surface area contributed by atoms with Gasteiger partial charge in [0.25, 0.3) is 0 Å². The van der Waals surface area contributed by atoms with Gasteiger partial charge in [0, 0.05) is 18.0 Å². The second kappa shape index (κ2) is 6.33. The summed E-state index contributed by atoms with van der Waals surface area (Å²) in [6, 6.07) is 20.3. The first-order valence-corrected chi connectivity index (χ1v) is 7.54. The predicted octanol–water partition coefficient (Wildman–Crippen LogP) is 3.63. The van der Waals surface area contributed by atoms with Crippen LogP contribution in [0.25, 0.3) is 11.3 Å². The van der Waals surface area contributed by atoms with Crippen molar-refractivity contribution in [1.82, 2.24) is 4.68 Å². The molecule has 0 bridgehead atoms. The van der Waals surface area contributed by atoms with E-state index in [9.17, 15) is 0 Å². The highest BCUT2D eigenvalue weighted by atomic mass is 32.1. The van der Waals surface area contributed by atoms with Gasteiger partial charge in [-0.1, -0.05) is 60.7 Å². The predicted molar refractivity (Wildman–Crippen MR) is 88.7 cm³/mol. The second-order valence-corrected chi connectivity index (χ2v) is 5.30. The Bertz CT molecular complexity index is 799. The molecule has 2 aromatic carbocycles. The van der Waals surface area contributed by atoms with E-state index in [1.807, 2.05) is 59.4 Å². The van der Waals surface area contributed by atoms with Crippen molar-refractivity contribution in [2.45, 2.75) is 0 Å². The first kappa shape index (κ1) is 13.5. The molecule has 0 amide bonds. The lowest BCUT2D eigenvalue weighted by atomic mass is 10.2. The van der Waals surface area contributed by atoms with E-state index in [4.69, 9.17) is 0 Å². The van der Waals surface area contributed by atoms with Crippen LogP contribution in [0.5, 0.6) is 0 Å². The quantitative estimate of drug-likeness (QED) is 0.660. The Morgan fingerprint density at radius 2 is 1.62 bits per heavy atom. The van der Waals surface area contributed by atoms with E-state index in [0.717, 1.165) is 21.6 Å². The summed E-state index contributed by atoms with van der Waals surface area (Å²) in [7, 11) is 1.79. The van der Waals surface area contributed by atoms with Crippen molar-refractivity contribution < 1.29 is 0 Å². The summed E-state index contributed by atoms with van der Waals surface area (Å²) in [5.74, 6) is 0. The fourth-order valence-corrected chi connectivity index (χ4v) is 2.84. The number of nitrogens with zero attached hydrogens (tertiary/aromatic N) is 3. The van der Waals surface area contributed by atoms with Crippen LogP contribution in [0, 0.1) is 0 Å². The van der Waals surface area contributed by atoms with Gasteiger partial charge in [-0.15, -0.1) is 11.3 Å². The molecule has 0 radical (unpaired) electrons. The summed E-state index contributed by atoms with van der Waals surface area (Å²) in [5.41, 5.74) is 3.25. The molecule has 4 heteroatoms. The average molecular weight is 293 g/mol. The van der Waals surface area contributed by atoms with Crippen LogP contribution in [-0.4, -0.2) is 17.9 Å². The standard InChI is InChI=1S/C17H15N3S/c1-18-17-20(19-12-14-8-4-2-5-9-14)16(13-21-17)15-10-6-3-7-11-15/h2-13H,1H3. The third kappa shape index (κ3) is 3.01. The van der Waals surface area contributed by atoms with Crippen LogP contribution >= 0.6 is 11.3 Å². The minimum absolute atomic E-state index is 0.876. The lowest BCUT2D eigenvalue weighted by Crippen LogP contribution is -2.11. The maximum absolute atomic E-state index is 4.59. The van der Waals surface area contributed by atoms with Crippen molar-refractivity contribution >= 4 is 17.6 Å². The van der Waals surface area contributed by atoms with Crippen LogP contribution in [0.4, 0.5) is 0 Å². The molecule has 0 aliphatic rings. The van der Waals surface area contributed by atoms with Gasteiger partial charge in [0.15, 0.2) is 0 Å². The van der Waals surface area contributed by atoms with Crippen molar-refractivity contribution in [2.75, 3.05) is 7.05 Å². The van der Waals surface area contributed by atoms with E-state index >= 15 is 0 Å². The Balaban J connectivity index is 2.06. The van der Waals surface area contributed by atoms with Crippen LogP contribution in [0.2, 0.25) is 0 Å². The number of aromatic nitrogens is 1. The molecule has 1 aromatic heterocycles. The van der Waals surface area contributed by atoms with Gasteiger partial charge in [0.2, 0.25) is 4.80 Å². The van der Waals surface area contributed by atoms with Crippen LogP contribution in [0.1, 0.15) is 5.56 Å². The SMILES string of the molecule is CN=c1scc(-c2ccccc2)n1N=Cc1ccccc1. The summed E-state index contributed by atoms with van der Waals surface area (Å²) in [5, 5.41) is 6.68. The van der Waals surface area contributed by atoms with Crippen molar-refractivity contribution in [3.8, 4) is 11.3 Å². The molecule has 0 fully saturated rings. The van der Waals surface area contributed by atoms with Crippen LogP contribution in [-0.2, 0) is 0 Å². The first-order chi connectivity index (χ1) is 10.4. The normalized spacial score (nSPS) is 12.1. The summed E-state index contributed by atoms with van der Waals surface area (Å²) in [6.45, 7) is 0. The maximum Gasteiger partial charge on any atom is 0.205 e. The van der Waals surface area contributed by atoms with Crippen molar-refractivity contribution in [1.29, 1.82) is 0 Å². The third-order valence-corrected chi connectivity index (χ3v) is 3.98. The third-order valence-electron chi connectivity index (χ3n) is 3.07. The Morgan fingerprint density at radius 3 is 2.29 bits per heavy atom. The Kier molecular flexibility index (Phi) is 4.07. The molecular formula is C17H15N3S. The summed E-state index contributed by atoms with van der Waals surface area (Å²) in [4.78, 5) is 5.17. The second-order valence-electron chi connectivity index (χ2n) is 4.46. The highest BCUT2D eigenvalue weighted by Gasteiger charge is 2.05. The Labute approximate surface area is 127 Å². The molecular weight excluding hydrogens is 278 g/mol. The molecule has 1 heterocycles. The fraction of sp³-hybridized carbons (Fsp3) is 0.0588. The zero-order chi connectivity index (χ0) is 14.5. The first-order valence-electron chi connectivity index (χ1n) is 6.66. The van der Waals surface area contributed by atoms with Gasteiger partial charge >= 0.3 is 0 Å². The monoisotopic (exact) mass is 293 g/mol. The van der Waals surface area contributed by atoms with E-state index in [1.165, 1.54) is 0 Å². The highest BCUT2D eigenvalue weighted by Crippen LogP contribution is 2.19. The summed E-state index contributed by atoms with van der Waals surface area (Å²) in [6.07, 6.45) is 1.86. The zero-order valence-electron chi connectivity index (χ0n) is 11.7. The maximum atomic E-state index is 4.59. The van der Waals surface area contributed by atoms with E-state index in [1.54, 1.807) is 18.4 Å². The van der Waals surface area contributed by atoms with Crippen molar-refractivity contribution in [2.24, 2.45) is 10.1 Å². The molecule has 3 aromatic rings. The van der Waals surface area contributed by atoms with E-state index in [0.29, 0.717) is 0 Å². The average Bonchev–Trinajstić information content (AvgIpc) is 2.97. The van der Waals surface area contributed by atoms with E-state index < -0.39 is 0 Å². The number of thiazole rings is 1. The van der Waals surface area contributed by atoms with Crippen LogP contribution < -0.4 is 4.80 Å². The van der Waals surface area contributed by atoms with Crippen LogP contribution in [0.3, 0.4) is 0 Å². The summed E-state index contributed by atoms with van der Waals surface area (Å²) >= 11 is 1.59. The van der Waals surface area contributed by atoms with Crippen LogP contribution in [0.15, 0.2) is 76.1 Å². The molecule has 0 spiro atoms. The molecule has 3 nitrogen and oxygen atoms in total. The molecule has 21 heavy (non-hydrogen) atoms. The number of benzene rings is 2. The molecule has 104 valence electrons. The minimum atomic E-state index is 0.876. The smallest absolute Gasteiger partial charge is 0.205 e. The number of hydrogen-bond acceptors (Lipinski definition) is 3. The molecule has 0 saturated heterocycles. The van der Waals surface area contributed by atoms with Gasteiger partial charge in [-0.3, -0.25) is 4.99 Å². The van der Waals surface area contributed by atoms with Gasteiger partial charge in [0.1, 0.15) is 0 Å². The Hall–Kier alpha value is -2.46. The lowest BCUT2D eigenvalue weighted by molar-refractivity contribution is 0.848. The molecule has 0 N–H and O–H groups in total. The Morgan fingerprint density at radius 1 is 0.952 bits per heavy atom. The molecule has 0 unspecified atom stereocenters. The number of rotatable bonds is 3. The van der Waals surface area contributed by atoms with Gasteiger partial charge < -0.3 is 0 Å². The summed E-state index contributed by atoms with van der Waals surface area (Å²) < 4.78 is 1.88. The van der Waals surface area contributed by atoms with Gasteiger partial charge in [-0.05, 0) is 5.56 Å². The van der Waals surface area contributed by atoms with E-state index in [2.05, 4.69) is 27.6 Å². The lowest BCUT2D eigenvalue weighted by Gasteiger charge is -2.02. The van der Waals surface area contributed by atoms with Crippen molar-refractivity contribution in [3.05, 3.63) is 76.4 Å². The topological polar surface area (TPSA) is 29.6 Å². The molecule has 0 atom stereocenters. The minimum Gasteiger partial charge on any atom is -0.261 e. The zero-order valence-corrected chi connectivity index (χ0v) is 12.5. The fourth-order valence-electron chi connectivity index (χ4n) is 2.03. The number of hydrogen-bond donors (Lipinski definition) is 0. The van der Waals surface area contributed by atoms with E-state index in [-0.39, 0.29) is 0 Å². The van der Waals surface area contributed by atoms with Crippen molar-refractivity contribution in [3.63, 3.8) is 0 Å².